The summed E-state index contributed by atoms with van der Waals surface area (Å²) < 4.78 is 34.0. The van der Waals surface area contributed by atoms with Gasteiger partial charge in [-0.2, -0.15) is 17.0 Å². The number of morpholine rings is 1. The molecule has 3 heterocycles. The maximum absolute atomic E-state index is 13.1. The normalized spacial score (nSPS) is 22.2. The molecule has 4 rings (SSSR count). The van der Waals surface area contributed by atoms with Gasteiger partial charge in [-0.3, -0.25) is 4.79 Å². The van der Waals surface area contributed by atoms with Gasteiger partial charge < -0.3 is 14.5 Å². The summed E-state index contributed by atoms with van der Waals surface area (Å²) >= 11 is 0. The number of piperazine rings is 1. The molecule has 0 spiro atoms. The van der Waals surface area contributed by atoms with E-state index in [0.717, 1.165) is 37.2 Å². The Kier molecular flexibility index (Phi) is 6.10. The number of carbonyl (C=O) groups excluding carboxylic acids is 1. The van der Waals surface area contributed by atoms with Crippen LogP contribution in [-0.2, 0) is 14.9 Å². The van der Waals surface area contributed by atoms with E-state index >= 15 is 0 Å². The summed E-state index contributed by atoms with van der Waals surface area (Å²) in [5, 5.41) is 0. The molecule has 3 aliphatic rings. The smallest absolute Gasteiger partial charge is 0.282 e. The number of ether oxygens (including phenoxy) is 1. The van der Waals surface area contributed by atoms with Crippen molar-refractivity contribution in [2.24, 2.45) is 0 Å². The summed E-state index contributed by atoms with van der Waals surface area (Å²) in [4.78, 5) is 17.1. The van der Waals surface area contributed by atoms with Gasteiger partial charge in [0, 0.05) is 63.6 Å². The molecule has 3 fully saturated rings. The molecule has 0 atom stereocenters. The molecule has 0 unspecified atom stereocenters. The second kappa shape index (κ2) is 8.59. The van der Waals surface area contributed by atoms with E-state index in [1.165, 1.54) is 4.31 Å². The number of carbonyl (C=O) groups is 1. The lowest BCUT2D eigenvalue weighted by Crippen LogP contribution is -2.53. The number of hydrogen-bond acceptors (Lipinski definition) is 5. The molecule has 0 aromatic heterocycles. The highest BCUT2D eigenvalue weighted by Gasteiger charge is 2.34. The monoisotopic (exact) mass is 422 g/mol. The van der Waals surface area contributed by atoms with E-state index in [0.29, 0.717) is 58.0 Å². The first-order valence-corrected chi connectivity index (χ1v) is 11.8. The van der Waals surface area contributed by atoms with Crippen molar-refractivity contribution in [2.75, 3.05) is 70.5 Å². The van der Waals surface area contributed by atoms with Gasteiger partial charge in [-0.1, -0.05) is 6.07 Å². The van der Waals surface area contributed by atoms with Crippen LogP contribution in [0.25, 0.3) is 0 Å². The van der Waals surface area contributed by atoms with Gasteiger partial charge in [0.15, 0.2) is 0 Å². The summed E-state index contributed by atoms with van der Waals surface area (Å²) in [7, 11) is -3.39. The van der Waals surface area contributed by atoms with Crippen molar-refractivity contribution < 1.29 is 17.9 Å². The highest BCUT2D eigenvalue weighted by Crippen LogP contribution is 2.24. The van der Waals surface area contributed by atoms with E-state index in [2.05, 4.69) is 11.8 Å². The molecule has 0 saturated carbocycles. The summed E-state index contributed by atoms with van der Waals surface area (Å²) in [5.41, 5.74) is 2.88. The fourth-order valence-electron chi connectivity index (χ4n) is 4.27. The van der Waals surface area contributed by atoms with Gasteiger partial charge in [0.25, 0.3) is 16.1 Å². The molecule has 3 aliphatic heterocycles. The highest BCUT2D eigenvalue weighted by molar-refractivity contribution is 7.86. The van der Waals surface area contributed by atoms with Crippen LogP contribution in [0.3, 0.4) is 0 Å². The van der Waals surface area contributed by atoms with Gasteiger partial charge in [-0.25, -0.2) is 0 Å². The molecule has 0 radical (unpaired) electrons. The molecule has 9 heteroatoms. The van der Waals surface area contributed by atoms with E-state index in [4.69, 9.17) is 4.74 Å². The first kappa shape index (κ1) is 20.6. The molecule has 1 aromatic rings. The minimum absolute atomic E-state index is 0.0299. The lowest BCUT2D eigenvalue weighted by atomic mass is 10.1. The van der Waals surface area contributed by atoms with Crippen LogP contribution in [0.4, 0.5) is 5.69 Å². The van der Waals surface area contributed by atoms with Gasteiger partial charge in [-0.15, -0.1) is 0 Å². The topological polar surface area (TPSA) is 73.4 Å². The Labute approximate surface area is 173 Å². The predicted molar refractivity (Wildman–Crippen MR) is 111 cm³/mol. The molecular formula is C20H30N4O4S. The van der Waals surface area contributed by atoms with Crippen LogP contribution >= 0.6 is 0 Å². The van der Waals surface area contributed by atoms with Gasteiger partial charge in [0.2, 0.25) is 0 Å². The molecule has 1 aromatic carbocycles. The lowest BCUT2D eigenvalue weighted by Gasteiger charge is -2.36. The Bertz CT molecular complexity index is 840. The Hall–Kier alpha value is -1.68. The van der Waals surface area contributed by atoms with Crippen LogP contribution in [0, 0.1) is 6.92 Å². The molecular weight excluding hydrogens is 392 g/mol. The number of rotatable bonds is 4. The van der Waals surface area contributed by atoms with Crippen molar-refractivity contribution in [1.82, 2.24) is 13.5 Å². The van der Waals surface area contributed by atoms with Crippen molar-refractivity contribution in [2.45, 2.75) is 19.8 Å². The number of hydrogen-bond donors (Lipinski definition) is 0. The summed E-state index contributed by atoms with van der Waals surface area (Å²) in [6.45, 7) is 7.87. The minimum Gasteiger partial charge on any atom is -0.378 e. The SMILES string of the molecule is Cc1ccc(C(=O)N2CCN(S(=O)(=O)N3CCCC3)CC2)cc1N1CCOCC1. The van der Waals surface area contributed by atoms with Crippen LogP contribution in [0.1, 0.15) is 28.8 Å². The molecule has 0 bridgehead atoms. The average Bonchev–Trinajstić information content (AvgIpc) is 3.30. The maximum atomic E-state index is 13.1. The number of aryl methyl sites for hydroxylation is 1. The third-order valence-corrected chi connectivity index (χ3v) is 8.09. The van der Waals surface area contributed by atoms with Gasteiger partial charge in [0.1, 0.15) is 0 Å². The number of amides is 1. The third kappa shape index (κ3) is 4.28. The maximum Gasteiger partial charge on any atom is 0.282 e. The Morgan fingerprint density at radius 3 is 2.17 bits per heavy atom. The van der Waals surface area contributed by atoms with E-state index < -0.39 is 10.2 Å². The quantitative estimate of drug-likeness (QED) is 0.722. The first-order valence-electron chi connectivity index (χ1n) is 10.4. The van der Waals surface area contributed by atoms with Crippen LogP contribution in [0.2, 0.25) is 0 Å². The molecule has 3 saturated heterocycles. The Morgan fingerprint density at radius 2 is 1.52 bits per heavy atom. The van der Waals surface area contributed by atoms with Crippen LogP contribution in [0.15, 0.2) is 18.2 Å². The van der Waals surface area contributed by atoms with Gasteiger partial charge >= 0.3 is 0 Å². The number of nitrogens with zero attached hydrogens (tertiary/aromatic N) is 4. The molecule has 29 heavy (non-hydrogen) atoms. The zero-order valence-electron chi connectivity index (χ0n) is 17.0. The summed E-state index contributed by atoms with van der Waals surface area (Å²) in [5.74, 6) is -0.0299. The van der Waals surface area contributed by atoms with Crippen molar-refractivity contribution in [3.05, 3.63) is 29.3 Å². The van der Waals surface area contributed by atoms with Crippen LogP contribution in [-0.4, -0.2) is 93.4 Å². The number of anilines is 1. The zero-order chi connectivity index (χ0) is 20.4. The zero-order valence-corrected chi connectivity index (χ0v) is 17.9. The van der Waals surface area contributed by atoms with Gasteiger partial charge in [-0.05, 0) is 37.5 Å². The second-order valence-electron chi connectivity index (χ2n) is 7.91. The largest absolute Gasteiger partial charge is 0.378 e. The van der Waals surface area contributed by atoms with Crippen molar-refractivity contribution in [3.8, 4) is 0 Å². The highest BCUT2D eigenvalue weighted by atomic mass is 32.2. The molecule has 1 amide bonds. The Morgan fingerprint density at radius 1 is 0.897 bits per heavy atom. The predicted octanol–water partition coefficient (Wildman–Crippen LogP) is 0.930. The van der Waals surface area contributed by atoms with Crippen molar-refractivity contribution >= 4 is 21.8 Å². The number of benzene rings is 1. The standard InChI is InChI=1S/C20H30N4O4S/c1-17-4-5-18(16-19(17)21-12-14-28-15-13-21)20(25)22-8-10-24(11-9-22)29(26,27)23-6-2-3-7-23/h4-5,16H,2-3,6-15H2,1H3. The molecule has 8 nitrogen and oxygen atoms in total. The average molecular weight is 423 g/mol. The van der Waals surface area contributed by atoms with Crippen molar-refractivity contribution in [1.29, 1.82) is 0 Å². The van der Waals surface area contributed by atoms with Crippen LogP contribution < -0.4 is 4.90 Å². The fraction of sp³-hybridized carbons (Fsp3) is 0.650. The molecule has 0 N–H and O–H groups in total. The van der Waals surface area contributed by atoms with E-state index in [9.17, 15) is 13.2 Å². The molecule has 160 valence electrons. The fourth-order valence-corrected chi connectivity index (χ4v) is 5.94. The Balaban J connectivity index is 1.42. The van der Waals surface area contributed by atoms with Gasteiger partial charge in [0.05, 0.1) is 13.2 Å². The van der Waals surface area contributed by atoms with Crippen LogP contribution in [0.5, 0.6) is 0 Å². The van der Waals surface area contributed by atoms with Crippen molar-refractivity contribution in [3.63, 3.8) is 0 Å². The van der Waals surface area contributed by atoms with E-state index in [-0.39, 0.29) is 5.91 Å². The van der Waals surface area contributed by atoms with E-state index in [1.54, 1.807) is 9.21 Å². The lowest BCUT2D eigenvalue weighted by molar-refractivity contribution is 0.0694. The molecule has 0 aliphatic carbocycles. The van der Waals surface area contributed by atoms with E-state index in [1.807, 2.05) is 18.2 Å². The third-order valence-electron chi connectivity index (χ3n) is 6.05. The first-order chi connectivity index (χ1) is 14.0. The summed E-state index contributed by atoms with van der Waals surface area (Å²) in [6, 6.07) is 5.83. The minimum atomic E-state index is -3.39. The second-order valence-corrected chi connectivity index (χ2v) is 9.83. The summed E-state index contributed by atoms with van der Waals surface area (Å²) in [6.07, 6.45) is 1.85.